The Morgan fingerprint density at radius 2 is 1.42 bits per heavy atom. The lowest BCUT2D eigenvalue weighted by Gasteiger charge is -2.46. The molecule has 0 aromatic heterocycles. The van der Waals surface area contributed by atoms with Crippen molar-refractivity contribution < 1.29 is 19.1 Å². The van der Waals surface area contributed by atoms with Crippen molar-refractivity contribution in [1.29, 1.82) is 0 Å². The highest BCUT2D eigenvalue weighted by Crippen LogP contribution is 2.45. The molecule has 1 saturated carbocycles. The highest BCUT2D eigenvalue weighted by molar-refractivity contribution is 5.68. The maximum atomic E-state index is 12.1. The Kier molecular flexibility index (Phi) is 6.64. The van der Waals surface area contributed by atoms with Gasteiger partial charge in [0.1, 0.15) is 11.2 Å². The number of amides is 2. The van der Waals surface area contributed by atoms with Crippen molar-refractivity contribution in [3.05, 3.63) is 0 Å². The zero-order chi connectivity index (χ0) is 20.4. The fourth-order valence-electron chi connectivity index (χ4n) is 3.94. The van der Waals surface area contributed by atoms with Crippen LogP contribution in [0.2, 0.25) is 0 Å². The molecule has 152 valence electrons. The number of rotatable bonds is 3. The number of ether oxygens (including phenoxy) is 2. The van der Waals surface area contributed by atoms with Gasteiger partial charge in [-0.15, -0.1) is 0 Å². The molecule has 0 aliphatic heterocycles. The summed E-state index contributed by atoms with van der Waals surface area (Å²) in [5, 5.41) is 5.90. The quantitative estimate of drug-likeness (QED) is 0.760. The van der Waals surface area contributed by atoms with Crippen LogP contribution >= 0.6 is 0 Å². The van der Waals surface area contributed by atoms with E-state index >= 15 is 0 Å². The second kappa shape index (κ2) is 7.65. The van der Waals surface area contributed by atoms with Crippen molar-refractivity contribution in [2.24, 2.45) is 10.8 Å². The molecule has 1 rings (SSSR count). The van der Waals surface area contributed by atoms with Gasteiger partial charge < -0.3 is 20.1 Å². The molecule has 1 fully saturated rings. The third-order valence-corrected chi connectivity index (χ3v) is 4.22. The van der Waals surface area contributed by atoms with E-state index < -0.39 is 17.3 Å². The zero-order valence-electron chi connectivity index (χ0n) is 18.0. The summed E-state index contributed by atoms with van der Waals surface area (Å²) in [6.45, 7) is 18.2. The maximum Gasteiger partial charge on any atom is 0.407 e. The van der Waals surface area contributed by atoms with Gasteiger partial charge in [0.2, 0.25) is 0 Å². The number of nitrogens with one attached hydrogen (secondary N) is 2. The molecular formula is C20H38N2O4. The average molecular weight is 371 g/mol. The number of hydrogen-bond acceptors (Lipinski definition) is 4. The largest absolute Gasteiger partial charge is 0.444 e. The van der Waals surface area contributed by atoms with E-state index in [0.29, 0.717) is 6.54 Å². The predicted octanol–water partition coefficient (Wildman–Crippen LogP) is 4.62. The van der Waals surface area contributed by atoms with E-state index in [1.807, 2.05) is 41.5 Å². The third kappa shape index (κ3) is 8.77. The Balaban J connectivity index is 2.70. The van der Waals surface area contributed by atoms with E-state index in [-0.39, 0.29) is 23.0 Å². The van der Waals surface area contributed by atoms with Crippen LogP contribution < -0.4 is 10.6 Å². The molecule has 0 saturated heterocycles. The first kappa shape index (κ1) is 22.6. The van der Waals surface area contributed by atoms with Crippen molar-refractivity contribution in [3.63, 3.8) is 0 Å². The molecule has 1 aliphatic carbocycles. The van der Waals surface area contributed by atoms with Crippen LogP contribution in [-0.2, 0) is 9.47 Å². The lowest BCUT2D eigenvalue weighted by molar-refractivity contribution is 0.0286. The van der Waals surface area contributed by atoms with Gasteiger partial charge in [-0.25, -0.2) is 9.59 Å². The summed E-state index contributed by atoms with van der Waals surface area (Å²) in [7, 11) is 0. The monoisotopic (exact) mass is 370 g/mol. The molecule has 0 aromatic rings. The minimum Gasteiger partial charge on any atom is -0.444 e. The summed E-state index contributed by atoms with van der Waals surface area (Å²) >= 11 is 0. The molecule has 2 atom stereocenters. The van der Waals surface area contributed by atoms with Crippen LogP contribution in [0.5, 0.6) is 0 Å². The number of carbonyl (C=O) groups excluding carboxylic acids is 2. The molecular weight excluding hydrogens is 332 g/mol. The van der Waals surface area contributed by atoms with Crippen LogP contribution in [0.15, 0.2) is 0 Å². The van der Waals surface area contributed by atoms with Crippen molar-refractivity contribution in [2.45, 2.75) is 98.8 Å². The molecule has 1 aliphatic rings. The second-order valence-electron chi connectivity index (χ2n) is 10.8. The van der Waals surface area contributed by atoms with Crippen LogP contribution in [0.3, 0.4) is 0 Å². The Morgan fingerprint density at radius 1 is 0.923 bits per heavy atom. The Morgan fingerprint density at radius 3 is 1.92 bits per heavy atom. The lowest BCUT2D eigenvalue weighted by Crippen LogP contribution is -2.51. The molecule has 0 spiro atoms. The minimum absolute atomic E-state index is 0.0130. The SMILES string of the molecule is CC1(C)CC(NC(=O)OC(C)(C)C)CC(C)(CNC(=O)OC(C)(C)C)C1. The summed E-state index contributed by atoms with van der Waals surface area (Å²) < 4.78 is 10.7. The van der Waals surface area contributed by atoms with Crippen LogP contribution in [0.4, 0.5) is 9.59 Å². The highest BCUT2D eigenvalue weighted by Gasteiger charge is 2.42. The summed E-state index contributed by atoms with van der Waals surface area (Å²) in [5.74, 6) is 0. The van der Waals surface area contributed by atoms with E-state index in [2.05, 4.69) is 31.4 Å². The van der Waals surface area contributed by atoms with Crippen molar-refractivity contribution >= 4 is 12.2 Å². The van der Waals surface area contributed by atoms with Gasteiger partial charge in [-0.3, -0.25) is 0 Å². The first-order valence-electron chi connectivity index (χ1n) is 9.45. The minimum atomic E-state index is -0.518. The zero-order valence-corrected chi connectivity index (χ0v) is 18.0. The first-order chi connectivity index (χ1) is 11.5. The van der Waals surface area contributed by atoms with Crippen LogP contribution in [0, 0.1) is 10.8 Å². The Bertz CT molecular complexity index is 517. The Hall–Kier alpha value is -1.46. The summed E-state index contributed by atoms with van der Waals surface area (Å²) in [6, 6.07) is 0.0130. The number of carbonyl (C=O) groups is 2. The second-order valence-corrected chi connectivity index (χ2v) is 10.8. The van der Waals surface area contributed by atoms with Crippen molar-refractivity contribution in [1.82, 2.24) is 10.6 Å². The van der Waals surface area contributed by atoms with Gasteiger partial charge in [-0.2, -0.15) is 0 Å². The molecule has 0 radical (unpaired) electrons. The van der Waals surface area contributed by atoms with Crippen LogP contribution in [0.1, 0.15) is 81.6 Å². The third-order valence-electron chi connectivity index (χ3n) is 4.22. The topological polar surface area (TPSA) is 76.7 Å². The summed E-state index contributed by atoms with van der Waals surface area (Å²) in [6.07, 6.45) is 1.84. The van der Waals surface area contributed by atoms with Gasteiger partial charge >= 0.3 is 12.2 Å². The molecule has 2 N–H and O–H groups in total. The van der Waals surface area contributed by atoms with E-state index in [0.717, 1.165) is 19.3 Å². The molecule has 6 heteroatoms. The van der Waals surface area contributed by atoms with E-state index in [9.17, 15) is 9.59 Å². The predicted molar refractivity (Wildman–Crippen MR) is 103 cm³/mol. The summed E-state index contributed by atoms with van der Waals surface area (Å²) in [5.41, 5.74) is -1.10. The number of hydrogen-bond donors (Lipinski definition) is 2. The van der Waals surface area contributed by atoms with Gasteiger partial charge in [0.25, 0.3) is 0 Å². The standard InChI is InChI=1S/C20H38N2O4/c1-17(2,3)25-15(23)21-13-20(9)11-14(10-19(7,8)12-20)22-16(24)26-18(4,5)6/h14H,10-13H2,1-9H3,(H,21,23)(H,22,24). The summed E-state index contributed by atoms with van der Waals surface area (Å²) in [4.78, 5) is 24.1. The smallest absolute Gasteiger partial charge is 0.407 e. The van der Waals surface area contributed by atoms with Gasteiger partial charge in [0, 0.05) is 12.6 Å². The first-order valence-corrected chi connectivity index (χ1v) is 9.45. The highest BCUT2D eigenvalue weighted by atomic mass is 16.6. The molecule has 26 heavy (non-hydrogen) atoms. The normalized spacial score (nSPS) is 26.0. The molecule has 6 nitrogen and oxygen atoms in total. The molecule has 2 unspecified atom stereocenters. The molecule has 0 heterocycles. The Labute approximate surface area is 158 Å². The number of alkyl carbamates (subject to hydrolysis) is 2. The molecule has 0 aromatic carbocycles. The maximum absolute atomic E-state index is 12.1. The molecule has 0 bridgehead atoms. The van der Waals surface area contributed by atoms with Crippen molar-refractivity contribution in [2.75, 3.05) is 6.54 Å². The average Bonchev–Trinajstić information content (AvgIpc) is 2.29. The van der Waals surface area contributed by atoms with Gasteiger partial charge in [0.05, 0.1) is 0 Å². The molecule has 2 amide bonds. The van der Waals surface area contributed by atoms with E-state index in [4.69, 9.17) is 9.47 Å². The van der Waals surface area contributed by atoms with Gasteiger partial charge in [0.15, 0.2) is 0 Å². The van der Waals surface area contributed by atoms with Crippen molar-refractivity contribution in [3.8, 4) is 0 Å². The fourth-order valence-corrected chi connectivity index (χ4v) is 3.94. The van der Waals surface area contributed by atoms with Gasteiger partial charge in [-0.1, -0.05) is 20.8 Å². The lowest BCUT2D eigenvalue weighted by atomic mass is 9.62. The van der Waals surface area contributed by atoms with Crippen LogP contribution in [-0.4, -0.2) is 36.0 Å². The van der Waals surface area contributed by atoms with Crippen LogP contribution in [0.25, 0.3) is 0 Å². The van der Waals surface area contributed by atoms with E-state index in [1.165, 1.54) is 0 Å². The fraction of sp³-hybridized carbons (Fsp3) is 0.900. The van der Waals surface area contributed by atoms with E-state index in [1.54, 1.807) is 0 Å². The van der Waals surface area contributed by atoms with Gasteiger partial charge in [-0.05, 0) is 71.6 Å².